The van der Waals surface area contributed by atoms with Gasteiger partial charge in [-0.1, -0.05) is 26.7 Å². The van der Waals surface area contributed by atoms with Gasteiger partial charge < -0.3 is 9.15 Å². The Labute approximate surface area is 73.5 Å². The number of rotatable bonds is 5. The second kappa shape index (κ2) is 4.86. The minimum absolute atomic E-state index is 0.667. The van der Waals surface area contributed by atoms with E-state index in [9.17, 15) is 0 Å². The molecule has 1 aromatic rings. The summed E-state index contributed by atoms with van der Waals surface area (Å²) in [5, 5.41) is 0. The summed E-state index contributed by atoms with van der Waals surface area (Å²) < 4.78 is 10.4. The van der Waals surface area contributed by atoms with E-state index in [1.165, 1.54) is 12.8 Å². The average Bonchev–Trinajstić information content (AvgIpc) is 2.59. The van der Waals surface area contributed by atoms with Gasteiger partial charge in [-0.15, -0.1) is 0 Å². The lowest BCUT2D eigenvalue weighted by atomic mass is 10.1. The molecule has 0 bridgehead atoms. The molecule has 1 heterocycles. The molecule has 0 N–H and O–H groups in total. The largest absolute Gasteiger partial charge is 0.490 e. The first-order valence-corrected chi connectivity index (χ1v) is 4.51. The summed E-state index contributed by atoms with van der Waals surface area (Å²) in [4.78, 5) is 0. The van der Waals surface area contributed by atoms with Crippen molar-refractivity contribution >= 4 is 0 Å². The molecule has 0 unspecified atom stereocenters. The van der Waals surface area contributed by atoms with Crippen molar-refractivity contribution in [2.45, 2.75) is 26.7 Å². The van der Waals surface area contributed by atoms with Gasteiger partial charge >= 0.3 is 0 Å². The molecular weight excluding hydrogens is 152 g/mol. The molecule has 0 aromatic carbocycles. The predicted octanol–water partition coefficient (Wildman–Crippen LogP) is 3.09. The van der Waals surface area contributed by atoms with Crippen LogP contribution in [0.15, 0.2) is 23.0 Å². The van der Waals surface area contributed by atoms with Crippen molar-refractivity contribution in [3.8, 4) is 5.75 Å². The molecule has 0 saturated heterocycles. The molecule has 0 radical (unpaired) electrons. The first-order chi connectivity index (χ1) is 5.86. The van der Waals surface area contributed by atoms with E-state index in [-0.39, 0.29) is 0 Å². The third-order valence-corrected chi connectivity index (χ3v) is 2.14. The highest BCUT2D eigenvalue weighted by molar-refractivity contribution is 5.12. The van der Waals surface area contributed by atoms with Crippen molar-refractivity contribution < 1.29 is 9.15 Å². The quantitative estimate of drug-likeness (QED) is 0.674. The topological polar surface area (TPSA) is 22.4 Å². The van der Waals surface area contributed by atoms with E-state index in [2.05, 4.69) is 13.8 Å². The van der Waals surface area contributed by atoms with Crippen LogP contribution in [0.5, 0.6) is 5.75 Å². The van der Waals surface area contributed by atoms with Crippen LogP contribution >= 0.6 is 0 Å². The van der Waals surface area contributed by atoms with E-state index in [0.717, 1.165) is 12.4 Å². The van der Waals surface area contributed by atoms with Gasteiger partial charge in [-0.2, -0.15) is 0 Å². The molecule has 0 spiro atoms. The van der Waals surface area contributed by atoms with Gasteiger partial charge in [-0.3, -0.25) is 0 Å². The van der Waals surface area contributed by atoms with Crippen LogP contribution in [-0.2, 0) is 0 Å². The lowest BCUT2D eigenvalue weighted by Gasteiger charge is -2.11. The number of furan rings is 1. The Morgan fingerprint density at radius 3 is 2.67 bits per heavy atom. The smallest absolute Gasteiger partial charge is 0.157 e. The first kappa shape index (κ1) is 9.17. The van der Waals surface area contributed by atoms with E-state index in [0.29, 0.717) is 5.92 Å². The van der Waals surface area contributed by atoms with Crippen LogP contribution < -0.4 is 4.74 Å². The number of hydrogen-bond acceptors (Lipinski definition) is 2. The van der Waals surface area contributed by atoms with Crippen LogP contribution in [0.25, 0.3) is 0 Å². The monoisotopic (exact) mass is 168 g/mol. The molecule has 12 heavy (non-hydrogen) atoms. The van der Waals surface area contributed by atoms with Crippen LogP contribution in [0.3, 0.4) is 0 Å². The molecule has 1 aromatic heterocycles. The summed E-state index contributed by atoms with van der Waals surface area (Å²) in [6.45, 7) is 5.17. The molecular formula is C10H16O2. The highest BCUT2D eigenvalue weighted by atomic mass is 16.5. The van der Waals surface area contributed by atoms with Crippen LogP contribution in [0.4, 0.5) is 0 Å². The molecule has 0 amide bonds. The summed E-state index contributed by atoms with van der Waals surface area (Å²) >= 11 is 0. The van der Waals surface area contributed by atoms with Gasteiger partial charge in [0.05, 0.1) is 12.9 Å². The maximum Gasteiger partial charge on any atom is 0.157 e. The Morgan fingerprint density at radius 1 is 1.42 bits per heavy atom. The Bertz CT molecular complexity index is 188. The third-order valence-electron chi connectivity index (χ3n) is 2.14. The second-order valence-electron chi connectivity index (χ2n) is 2.95. The Kier molecular flexibility index (Phi) is 3.71. The fraction of sp³-hybridized carbons (Fsp3) is 0.600. The molecule has 0 aliphatic rings. The number of ether oxygens (including phenoxy) is 1. The van der Waals surface area contributed by atoms with Crippen molar-refractivity contribution in [2.75, 3.05) is 6.61 Å². The van der Waals surface area contributed by atoms with Crippen LogP contribution in [0.1, 0.15) is 26.7 Å². The minimum Gasteiger partial charge on any atom is -0.490 e. The molecule has 0 aliphatic heterocycles. The van der Waals surface area contributed by atoms with Crippen molar-refractivity contribution in [1.29, 1.82) is 0 Å². The van der Waals surface area contributed by atoms with Crippen LogP contribution in [0, 0.1) is 5.92 Å². The van der Waals surface area contributed by atoms with Gasteiger partial charge in [0, 0.05) is 6.07 Å². The summed E-state index contributed by atoms with van der Waals surface area (Å²) in [5.74, 6) is 1.50. The highest BCUT2D eigenvalue weighted by Gasteiger charge is 2.04. The summed E-state index contributed by atoms with van der Waals surface area (Å²) in [7, 11) is 0. The number of hydrogen-bond donors (Lipinski definition) is 0. The zero-order chi connectivity index (χ0) is 8.81. The van der Waals surface area contributed by atoms with Gasteiger partial charge in [-0.25, -0.2) is 0 Å². The van der Waals surface area contributed by atoms with Crippen LogP contribution in [-0.4, -0.2) is 6.61 Å². The lowest BCUT2D eigenvalue weighted by Crippen LogP contribution is -2.09. The zero-order valence-corrected chi connectivity index (χ0v) is 7.75. The Hall–Kier alpha value is -0.920. The molecule has 0 saturated carbocycles. The van der Waals surface area contributed by atoms with E-state index < -0.39 is 0 Å². The van der Waals surface area contributed by atoms with Gasteiger partial charge in [0.2, 0.25) is 0 Å². The Morgan fingerprint density at radius 2 is 2.17 bits per heavy atom. The Balaban J connectivity index is 2.25. The van der Waals surface area contributed by atoms with Gasteiger partial charge in [0.1, 0.15) is 6.26 Å². The average molecular weight is 168 g/mol. The normalized spacial score (nSPS) is 10.6. The fourth-order valence-electron chi connectivity index (χ4n) is 1.07. The minimum atomic E-state index is 0.667. The fourth-order valence-corrected chi connectivity index (χ4v) is 1.07. The third kappa shape index (κ3) is 2.61. The van der Waals surface area contributed by atoms with E-state index in [1.807, 2.05) is 6.07 Å². The summed E-state index contributed by atoms with van der Waals surface area (Å²) in [6.07, 6.45) is 5.60. The molecule has 0 aliphatic carbocycles. The maximum atomic E-state index is 5.50. The maximum absolute atomic E-state index is 5.50. The molecule has 1 rings (SSSR count). The molecule has 2 heteroatoms. The van der Waals surface area contributed by atoms with Gasteiger partial charge in [-0.05, 0) is 5.92 Å². The highest BCUT2D eigenvalue weighted by Crippen LogP contribution is 2.14. The summed E-state index contributed by atoms with van der Waals surface area (Å²) in [6, 6.07) is 1.84. The lowest BCUT2D eigenvalue weighted by molar-refractivity contribution is 0.238. The SMILES string of the molecule is CCC(CC)COc1ccoc1. The molecule has 0 fully saturated rings. The standard InChI is InChI=1S/C10H16O2/c1-3-9(4-2)7-12-10-5-6-11-8-10/h5-6,8-9H,3-4,7H2,1-2H3. The van der Waals surface area contributed by atoms with E-state index in [1.54, 1.807) is 12.5 Å². The van der Waals surface area contributed by atoms with Crippen molar-refractivity contribution in [3.05, 3.63) is 18.6 Å². The van der Waals surface area contributed by atoms with E-state index in [4.69, 9.17) is 9.15 Å². The first-order valence-electron chi connectivity index (χ1n) is 4.51. The van der Waals surface area contributed by atoms with Gasteiger partial charge in [0.15, 0.2) is 5.75 Å². The second-order valence-corrected chi connectivity index (χ2v) is 2.95. The van der Waals surface area contributed by atoms with Crippen molar-refractivity contribution in [2.24, 2.45) is 5.92 Å². The molecule has 68 valence electrons. The molecule has 0 atom stereocenters. The van der Waals surface area contributed by atoms with E-state index >= 15 is 0 Å². The summed E-state index contributed by atoms with van der Waals surface area (Å²) in [5.41, 5.74) is 0. The van der Waals surface area contributed by atoms with Gasteiger partial charge in [0.25, 0.3) is 0 Å². The predicted molar refractivity (Wildman–Crippen MR) is 48.3 cm³/mol. The van der Waals surface area contributed by atoms with Crippen molar-refractivity contribution in [1.82, 2.24) is 0 Å². The van der Waals surface area contributed by atoms with Crippen LogP contribution in [0.2, 0.25) is 0 Å². The van der Waals surface area contributed by atoms with Crippen molar-refractivity contribution in [3.63, 3.8) is 0 Å². The molecule has 2 nitrogen and oxygen atoms in total. The zero-order valence-electron chi connectivity index (χ0n) is 7.75.